The van der Waals surface area contributed by atoms with Gasteiger partial charge in [0.15, 0.2) is 0 Å². The zero-order valence-corrected chi connectivity index (χ0v) is 21.7. The van der Waals surface area contributed by atoms with Crippen LogP contribution in [0.2, 0.25) is 0 Å². The monoisotopic (exact) mass is 533 g/mol. The third kappa shape index (κ3) is 7.48. The summed E-state index contributed by atoms with van der Waals surface area (Å²) in [4.78, 5) is 14.3. The van der Waals surface area contributed by atoms with Crippen molar-refractivity contribution in [2.24, 2.45) is 0 Å². The lowest BCUT2D eigenvalue weighted by molar-refractivity contribution is -0.274. The SMILES string of the molecule is Cc1ccc(C(CC(=O)O)N(Cc2ccccc2)[C@H](C)c2ccccc2)cc1-c1cccc(OC(F)(F)F)c1. The Kier molecular flexibility index (Phi) is 8.72. The molecule has 0 fully saturated rings. The van der Waals surface area contributed by atoms with Crippen LogP contribution in [0.15, 0.2) is 103 Å². The van der Waals surface area contributed by atoms with Crippen LogP contribution >= 0.6 is 0 Å². The number of nitrogens with zero attached hydrogens (tertiary/aromatic N) is 1. The van der Waals surface area contributed by atoms with Crippen LogP contribution in [0.25, 0.3) is 11.1 Å². The molecule has 1 N–H and O–H groups in total. The smallest absolute Gasteiger partial charge is 0.481 e. The molecule has 7 heteroatoms. The van der Waals surface area contributed by atoms with E-state index >= 15 is 0 Å². The summed E-state index contributed by atoms with van der Waals surface area (Å²) in [5, 5.41) is 9.95. The summed E-state index contributed by atoms with van der Waals surface area (Å²) < 4.78 is 42.7. The maximum atomic E-state index is 12.8. The van der Waals surface area contributed by atoms with E-state index in [-0.39, 0.29) is 18.2 Å². The molecule has 0 aliphatic heterocycles. The van der Waals surface area contributed by atoms with Crippen molar-refractivity contribution in [2.45, 2.75) is 45.3 Å². The lowest BCUT2D eigenvalue weighted by Gasteiger charge is -2.37. The van der Waals surface area contributed by atoms with Gasteiger partial charge in [0.2, 0.25) is 0 Å². The first-order valence-corrected chi connectivity index (χ1v) is 12.6. The average Bonchev–Trinajstić information content (AvgIpc) is 2.91. The van der Waals surface area contributed by atoms with Crippen molar-refractivity contribution >= 4 is 5.97 Å². The number of carboxylic acids is 1. The van der Waals surface area contributed by atoms with Crippen LogP contribution in [0, 0.1) is 6.92 Å². The molecule has 39 heavy (non-hydrogen) atoms. The molecule has 0 aromatic heterocycles. The molecule has 4 aromatic rings. The van der Waals surface area contributed by atoms with E-state index in [1.807, 2.05) is 85.8 Å². The van der Waals surface area contributed by atoms with E-state index in [0.717, 1.165) is 22.3 Å². The van der Waals surface area contributed by atoms with E-state index in [0.29, 0.717) is 17.7 Å². The number of hydrogen-bond donors (Lipinski definition) is 1. The maximum absolute atomic E-state index is 12.8. The second-order valence-electron chi connectivity index (χ2n) is 9.51. The quantitative estimate of drug-likeness (QED) is 0.223. The molecule has 0 amide bonds. The van der Waals surface area contributed by atoms with E-state index < -0.39 is 18.4 Å². The van der Waals surface area contributed by atoms with E-state index in [2.05, 4.69) is 16.6 Å². The van der Waals surface area contributed by atoms with Gasteiger partial charge in [-0.25, -0.2) is 0 Å². The Morgan fingerprint density at radius 2 is 1.54 bits per heavy atom. The summed E-state index contributed by atoms with van der Waals surface area (Å²) in [6.45, 7) is 4.43. The van der Waals surface area contributed by atoms with Gasteiger partial charge in [0.25, 0.3) is 0 Å². The highest BCUT2D eigenvalue weighted by Gasteiger charge is 2.31. The third-order valence-electron chi connectivity index (χ3n) is 6.78. The first-order chi connectivity index (χ1) is 18.6. The Morgan fingerprint density at radius 1 is 0.872 bits per heavy atom. The minimum absolute atomic E-state index is 0.121. The standard InChI is InChI=1S/C32H30F3NO3/c1-22-16-17-27(19-29(22)26-14-9-15-28(18-26)39-32(33,34)35)30(20-31(37)38)36(21-24-10-5-3-6-11-24)23(2)25-12-7-4-8-13-25/h3-19,23,30H,20-21H2,1-2H3,(H,37,38)/t23-,30?/m1/s1. The second-order valence-corrected chi connectivity index (χ2v) is 9.51. The molecule has 0 saturated heterocycles. The fourth-order valence-electron chi connectivity index (χ4n) is 4.84. The summed E-state index contributed by atoms with van der Waals surface area (Å²) >= 11 is 0. The van der Waals surface area contributed by atoms with Crippen molar-refractivity contribution < 1.29 is 27.8 Å². The molecule has 0 saturated carbocycles. The molecule has 2 atom stereocenters. The van der Waals surface area contributed by atoms with E-state index in [1.165, 1.54) is 18.2 Å². The molecule has 0 aliphatic rings. The predicted octanol–water partition coefficient (Wildman–Crippen LogP) is 8.34. The number of aliphatic carboxylic acids is 1. The Hall–Kier alpha value is -4.10. The minimum Gasteiger partial charge on any atom is -0.481 e. The van der Waals surface area contributed by atoms with Crippen LogP contribution in [0.5, 0.6) is 5.75 Å². The molecule has 0 spiro atoms. The van der Waals surface area contributed by atoms with E-state index in [1.54, 1.807) is 6.07 Å². The fraction of sp³-hybridized carbons (Fsp3) is 0.219. The predicted molar refractivity (Wildman–Crippen MR) is 145 cm³/mol. The van der Waals surface area contributed by atoms with Gasteiger partial charge in [-0.15, -0.1) is 13.2 Å². The van der Waals surface area contributed by atoms with Gasteiger partial charge in [-0.05, 0) is 65.4 Å². The van der Waals surface area contributed by atoms with Gasteiger partial charge in [0, 0.05) is 18.6 Å². The lowest BCUT2D eigenvalue weighted by Crippen LogP contribution is -2.32. The number of alkyl halides is 3. The first kappa shape index (κ1) is 27.9. The Labute approximate surface area is 226 Å². The van der Waals surface area contributed by atoms with Crippen LogP contribution in [-0.2, 0) is 11.3 Å². The molecule has 0 heterocycles. The first-order valence-electron chi connectivity index (χ1n) is 12.6. The van der Waals surface area contributed by atoms with Crippen LogP contribution in [0.3, 0.4) is 0 Å². The topological polar surface area (TPSA) is 49.8 Å². The largest absolute Gasteiger partial charge is 0.573 e. The molecule has 4 aromatic carbocycles. The maximum Gasteiger partial charge on any atom is 0.573 e. The number of benzene rings is 4. The molecule has 0 bridgehead atoms. The Morgan fingerprint density at radius 3 is 2.18 bits per heavy atom. The highest BCUT2D eigenvalue weighted by molar-refractivity contribution is 5.71. The number of ether oxygens (including phenoxy) is 1. The molecule has 0 aliphatic carbocycles. The molecule has 202 valence electrons. The van der Waals surface area contributed by atoms with Crippen molar-refractivity contribution in [2.75, 3.05) is 0 Å². The van der Waals surface area contributed by atoms with Gasteiger partial charge in [-0.1, -0.05) is 84.9 Å². The summed E-state index contributed by atoms with van der Waals surface area (Å²) in [6, 6.07) is 30.6. The fourth-order valence-corrected chi connectivity index (χ4v) is 4.84. The van der Waals surface area contributed by atoms with Crippen molar-refractivity contribution in [3.05, 3.63) is 125 Å². The summed E-state index contributed by atoms with van der Waals surface area (Å²) in [7, 11) is 0. The van der Waals surface area contributed by atoms with Gasteiger partial charge in [-0.2, -0.15) is 0 Å². The molecular formula is C32H30F3NO3. The van der Waals surface area contributed by atoms with Gasteiger partial charge in [0.1, 0.15) is 5.75 Å². The van der Waals surface area contributed by atoms with Crippen molar-refractivity contribution in [3.8, 4) is 16.9 Å². The number of carboxylic acid groups (broad SMARTS) is 1. The van der Waals surface area contributed by atoms with Crippen molar-refractivity contribution in [1.29, 1.82) is 0 Å². The third-order valence-corrected chi connectivity index (χ3v) is 6.78. The summed E-state index contributed by atoms with van der Waals surface area (Å²) in [6.07, 6.45) is -4.95. The van der Waals surface area contributed by atoms with E-state index in [4.69, 9.17) is 0 Å². The van der Waals surface area contributed by atoms with Crippen LogP contribution in [0.1, 0.15) is 47.7 Å². The zero-order chi connectivity index (χ0) is 28.0. The van der Waals surface area contributed by atoms with E-state index in [9.17, 15) is 23.1 Å². The molecule has 1 unspecified atom stereocenters. The van der Waals surface area contributed by atoms with Crippen LogP contribution < -0.4 is 4.74 Å². The van der Waals surface area contributed by atoms with Crippen LogP contribution in [-0.4, -0.2) is 22.3 Å². The zero-order valence-electron chi connectivity index (χ0n) is 21.7. The average molecular weight is 534 g/mol. The summed E-state index contributed by atoms with van der Waals surface area (Å²) in [5.41, 5.74) is 4.97. The number of halogens is 3. The van der Waals surface area contributed by atoms with Gasteiger partial charge in [-0.3, -0.25) is 9.69 Å². The van der Waals surface area contributed by atoms with Crippen molar-refractivity contribution in [1.82, 2.24) is 4.90 Å². The van der Waals surface area contributed by atoms with Gasteiger partial charge in [0.05, 0.1) is 6.42 Å². The minimum atomic E-state index is -4.80. The Bertz CT molecular complexity index is 1390. The second kappa shape index (κ2) is 12.2. The Balaban J connectivity index is 1.79. The normalized spacial score (nSPS) is 13.2. The highest BCUT2D eigenvalue weighted by atomic mass is 19.4. The van der Waals surface area contributed by atoms with Gasteiger partial charge < -0.3 is 9.84 Å². The molecular weight excluding hydrogens is 503 g/mol. The summed E-state index contributed by atoms with van der Waals surface area (Å²) in [5.74, 6) is -1.25. The molecule has 0 radical (unpaired) electrons. The van der Waals surface area contributed by atoms with Crippen molar-refractivity contribution in [3.63, 3.8) is 0 Å². The number of hydrogen-bond acceptors (Lipinski definition) is 3. The number of carbonyl (C=O) groups is 1. The number of rotatable bonds is 10. The lowest BCUT2D eigenvalue weighted by atomic mass is 9.92. The van der Waals surface area contributed by atoms with Crippen LogP contribution in [0.4, 0.5) is 13.2 Å². The van der Waals surface area contributed by atoms with Gasteiger partial charge >= 0.3 is 12.3 Å². The molecule has 4 rings (SSSR count). The highest BCUT2D eigenvalue weighted by Crippen LogP contribution is 2.38. The number of aryl methyl sites for hydroxylation is 1. The molecule has 4 nitrogen and oxygen atoms in total.